The van der Waals surface area contributed by atoms with Crippen molar-refractivity contribution in [2.45, 2.75) is 31.6 Å². The lowest BCUT2D eigenvalue weighted by Gasteiger charge is -2.22. The van der Waals surface area contributed by atoms with E-state index in [4.69, 9.17) is 5.26 Å². The van der Waals surface area contributed by atoms with Crippen molar-refractivity contribution in [3.05, 3.63) is 35.4 Å². The van der Waals surface area contributed by atoms with Crippen LogP contribution in [0.25, 0.3) is 0 Å². The molecule has 0 saturated carbocycles. The second-order valence-corrected chi connectivity index (χ2v) is 7.21. The van der Waals surface area contributed by atoms with E-state index in [1.165, 1.54) is 12.2 Å². The fourth-order valence-electron chi connectivity index (χ4n) is 2.23. The van der Waals surface area contributed by atoms with Crippen LogP contribution in [0.15, 0.2) is 24.3 Å². The quantitative estimate of drug-likeness (QED) is 0.816. The van der Waals surface area contributed by atoms with Crippen molar-refractivity contribution in [3.8, 4) is 6.07 Å². The van der Waals surface area contributed by atoms with Crippen LogP contribution < -0.4 is 0 Å². The molecule has 0 spiro atoms. The molecule has 1 aromatic carbocycles. The predicted octanol–water partition coefficient (Wildman–Crippen LogP) is 3.28. The Bertz CT molecular complexity index is 448. The van der Waals surface area contributed by atoms with Gasteiger partial charge in [-0.3, -0.25) is 4.90 Å². The van der Waals surface area contributed by atoms with Gasteiger partial charge in [0.1, 0.15) is 0 Å². The molecule has 2 rings (SSSR count). The monoisotopic (exact) mass is 260 g/mol. The van der Waals surface area contributed by atoms with Crippen LogP contribution in [0.2, 0.25) is 0 Å². The average Bonchev–Trinajstić information content (AvgIpc) is 2.52. The van der Waals surface area contributed by atoms with Gasteiger partial charge in [-0.25, -0.2) is 0 Å². The fourth-order valence-corrected chi connectivity index (χ4v) is 3.37. The number of nitrogens with zero attached hydrogens (tertiary/aromatic N) is 2. The van der Waals surface area contributed by atoms with E-state index in [9.17, 15) is 0 Å². The van der Waals surface area contributed by atoms with Crippen LogP contribution in [0, 0.1) is 11.3 Å². The number of thioether (sulfide) groups is 1. The molecule has 0 N–H and O–H groups in total. The molecule has 1 fully saturated rings. The minimum atomic E-state index is 0.392. The van der Waals surface area contributed by atoms with E-state index in [2.05, 4.69) is 42.6 Å². The summed E-state index contributed by atoms with van der Waals surface area (Å²) in [5.41, 5.74) is 1.97. The Morgan fingerprint density at radius 3 is 2.89 bits per heavy atom. The van der Waals surface area contributed by atoms with E-state index in [1.54, 1.807) is 0 Å². The Labute approximate surface area is 114 Å². The molecule has 1 aromatic rings. The third-order valence-corrected chi connectivity index (χ3v) is 4.83. The highest BCUT2D eigenvalue weighted by atomic mass is 32.2. The van der Waals surface area contributed by atoms with Gasteiger partial charge in [-0.2, -0.15) is 17.0 Å². The maximum absolute atomic E-state index is 9.11. The zero-order valence-corrected chi connectivity index (χ0v) is 12.0. The van der Waals surface area contributed by atoms with Gasteiger partial charge in [0.15, 0.2) is 0 Å². The van der Waals surface area contributed by atoms with Crippen molar-refractivity contribution in [3.63, 3.8) is 0 Å². The lowest BCUT2D eigenvalue weighted by molar-refractivity contribution is 0.276. The molecular formula is C15H20N2S. The summed E-state index contributed by atoms with van der Waals surface area (Å²) in [6.07, 6.45) is 1.21. The smallest absolute Gasteiger partial charge is 0.0995 e. The van der Waals surface area contributed by atoms with Crippen molar-refractivity contribution in [2.24, 2.45) is 0 Å². The Balaban J connectivity index is 2.04. The lowest BCUT2D eigenvalue weighted by atomic mass is 10.1. The van der Waals surface area contributed by atoms with E-state index in [-0.39, 0.29) is 0 Å². The largest absolute Gasteiger partial charge is 0.298 e. The van der Waals surface area contributed by atoms with Crippen molar-refractivity contribution in [2.75, 3.05) is 18.8 Å². The Kier molecular flexibility index (Phi) is 4.31. The van der Waals surface area contributed by atoms with Crippen LogP contribution >= 0.6 is 11.8 Å². The van der Waals surface area contributed by atoms with Crippen LogP contribution in [0.4, 0.5) is 0 Å². The summed E-state index contributed by atoms with van der Waals surface area (Å²) in [5, 5.41) is 9.11. The highest BCUT2D eigenvalue weighted by Crippen LogP contribution is 2.31. The number of benzene rings is 1. The molecular weight excluding hydrogens is 240 g/mol. The first-order chi connectivity index (χ1) is 8.61. The van der Waals surface area contributed by atoms with Crippen molar-refractivity contribution in [1.29, 1.82) is 5.26 Å². The summed E-state index contributed by atoms with van der Waals surface area (Å²) in [7, 11) is 0. The van der Waals surface area contributed by atoms with Gasteiger partial charge in [-0.05, 0) is 24.6 Å². The zero-order chi connectivity index (χ0) is 13.0. The maximum atomic E-state index is 9.11. The molecule has 1 aliphatic heterocycles. The molecule has 0 aliphatic carbocycles. The minimum Gasteiger partial charge on any atom is -0.298 e. The highest BCUT2D eigenvalue weighted by molar-refractivity contribution is 8.00. The van der Waals surface area contributed by atoms with Crippen molar-refractivity contribution in [1.82, 2.24) is 4.90 Å². The molecule has 0 aromatic heterocycles. The van der Waals surface area contributed by atoms with Gasteiger partial charge >= 0.3 is 0 Å². The van der Waals surface area contributed by atoms with Crippen LogP contribution in [0.3, 0.4) is 0 Å². The average molecular weight is 260 g/mol. The molecule has 1 aliphatic rings. The first-order valence-electron chi connectivity index (χ1n) is 6.45. The van der Waals surface area contributed by atoms with Gasteiger partial charge in [0.25, 0.3) is 0 Å². The predicted molar refractivity (Wildman–Crippen MR) is 77.6 cm³/mol. The third kappa shape index (κ3) is 3.51. The molecule has 2 nitrogen and oxygen atoms in total. The molecule has 0 amide bonds. The summed E-state index contributed by atoms with van der Waals surface area (Å²) in [5.74, 6) is 1.18. The number of rotatable bonds is 2. The maximum Gasteiger partial charge on any atom is 0.0995 e. The van der Waals surface area contributed by atoms with Crippen molar-refractivity contribution < 1.29 is 0 Å². The normalized spacial score (nSPS) is 20.1. The summed E-state index contributed by atoms with van der Waals surface area (Å²) < 4.78 is 0.392. The number of hydrogen-bond donors (Lipinski definition) is 0. The summed E-state index contributed by atoms with van der Waals surface area (Å²) >= 11 is 2.06. The van der Waals surface area contributed by atoms with E-state index in [0.29, 0.717) is 4.75 Å². The Morgan fingerprint density at radius 1 is 1.33 bits per heavy atom. The topological polar surface area (TPSA) is 27.0 Å². The van der Waals surface area contributed by atoms with Crippen LogP contribution in [0.5, 0.6) is 0 Å². The van der Waals surface area contributed by atoms with E-state index in [0.717, 1.165) is 30.8 Å². The molecule has 1 saturated heterocycles. The van der Waals surface area contributed by atoms with Gasteiger partial charge in [-0.1, -0.05) is 32.0 Å². The van der Waals surface area contributed by atoms with Crippen LogP contribution in [-0.4, -0.2) is 28.5 Å². The standard InChI is InChI=1S/C15H20N2S/c1-15(2)7-8-17(9-10-18-15)12-14-6-4-3-5-13(14)11-16/h3-6H,7-10,12H2,1-2H3. The van der Waals surface area contributed by atoms with Crippen LogP contribution in [0.1, 0.15) is 31.4 Å². The first kappa shape index (κ1) is 13.5. The SMILES string of the molecule is CC1(C)CCN(Cc2ccccc2C#N)CCS1. The Morgan fingerprint density at radius 2 is 2.11 bits per heavy atom. The van der Waals surface area contributed by atoms with Gasteiger partial charge in [0, 0.05) is 23.6 Å². The van der Waals surface area contributed by atoms with Gasteiger partial charge < -0.3 is 0 Å². The molecule has 18 heavy (non-hydrogen) atoms. The fraction of sp³-hybridized carbons (Fsp3) is 0.533. The number of hydrogen-bond acceptors (Lipinski definition) is 3. The van der Waals surface area contributed by atoms with Gasteiger partial charge in [0.05, 0.1) is 11.6 Å². The van der Waals surface area contributed by atoms with Gasteiger partial charge in [-0.15, -0.1) is 0 Å². The zero-order valence-electron chi connectivity index (χ0n) is 11.1. The molecule has 0 bridgehead atoms. The number of nitriles is 1. The minimum absolute atomic E-state index is 0.392. The molecule has 3 heteroatoms. The molecule has 0 radical (unpaired) electrons. The highest BCUT2D eigenvalue weighted by Gasteiger charge is 2.23. The lowest BCUT2D eigenvalue weighted by Crippen LogP contribution is -2.27. The van der Waals surface area contributed by atoms with E-state index in [1.807, 2.05) is 18.2 Å². The van der Waals surface area contributed by atoms with Gasteiger partial charge in [0.2, 0.25) is 0 Å². The summed E-state index contributed by atoms with van der Waals surface area (Å²) in [6.45, 7) is 7.79. The Hall–Kier alpha value is -0.980. The first-order valence-corrected chi connectivity index (χ1v) is 7.44. The van der Waals surface area contributed by atoms with E-state index < -0.39 is 0 Å². The second kappa shape index (κ2) is 5.77. The van der Waals surface area contributed by atoms with E-state index >= 15 is 0 Å². The molecule has 96 valence electrons. The molecule has 0 unspecified atom stereocenters. The second-order valence-electron chi connectivity index (χ2n) is 5.40. The van der Waals surface area contributed by atoms with Crippen molar-refractivity contribution >= 4 is 11.8 Å². The summed E-state index contributed by atoms with van der Waals surface area (Å²) in [6, 6.07) is 10.2. The summed E-state index contributed by atoms with van der Waals surface area (Å²) in [4.78, 5) is 2.47. The molecule has 1 heterocycles. The van der Waals surface area contributed by atoms with Crippen LogP contribution in [-0.2, 0) is 6.54 Å². The molecule has 0 atom stereocenters. The third-order valence-electron chi connectivity index (χ3n) is 3.46.